The Bertz CT molecular complexity index is 399. The molecule has 1 fully saturated rings. The second-order valence-corrected chi connectivity index (χ2v) is 6.17. The Labute approximate surface area is 109 Å². The van der Waals surface area contributed by atoms with E-state index in [0.717, 1.165) is 37.7 Å². The number of hydrogen-bond acceptors (Lipinski definition) is 5. The maximum absolute atomic E-state index is 5.92. The predicted octanol–water partition coefficient (Wildman–Crippen LogP) is 1.47. The molecule has 0 bridgehead atoms. The van der Waals surface area contributed by atoms with Crippen LogP contribution in [0.5, 0.6) is 0 Å². The van der Waals surface area contributed by atoms with Crippen molar-refractivity contribution in [2.45, 2.75) is 33.2 Å². The Kier molecular flexibility index (Phi) is 3.71. The topological polar surface area (TPSA) is 67.1 Å². The van der Waals surface area contributed by atoms with E-state index in [1.165, 1.54) is 0 Å². The maximum atomic E-state index is 5.92. The highest BCUT2D eigenvalue weighted by molar-refractivity contribution is 5.49. The first-order chi connectivity index (χ1) is 8.44. The van der Waals surface area contributed by atoms with Gasteiger partial charge in [-0.15, -0.1) is 0 Å². The quantitative estimate of drug-likeness (QED) is 0.849. The third kappa shape index (κ3) is 3.57. The SMILES string of the molecule is CC(C)(C)CNc1cc(N2CCC(N)C2)ncn1. The molecule has 1 saturated heterocycles. The van der Waals surface area contributed by atoms with Crippen LogP contribution in [0.25, 0.3) is 0 Å². The molecule has 3 N–H and O–H groups in total. The molecule has 0 aliphatic carbocycles. The van der Waals surface area contributed by atoms with Crippen LogP contribution in [0.4, 0.5) is 11.6 Å². The van der Waals surface area contributed by atoms with Gasteiger partial charge in [0.1, 0.15) is 18.0 Å². The minimum Gasteiger partial charge on any atom is -0.369 e. The minimum atomic E-state index is 0.237. The number of aromatic nitrogens is 2. The lowest BCUT2D eigenvalue weighted by atomic mass is 9.97. The summed E-state index contributed by atoms with van der Waals surface area (Å²) >= 11 is 0. The summed E-state index contributed by atoms with van der Waals surface area (Å²) in [5.74, 6) is 1.85. The standard InChI is InChI=1S/C13H23N5/c1-13(2,3)8-15-11-6-12(17-9-16-11)18-5-4-10(14)7-18/h6,9-10H,4-5,7-8,14H2,1-3H3,(H,15,16,17). The highest BCUT2D eigenvalue weighted by Gasteiger charge is 2.20. The van der Waals surface area contributed by atoms with Crippen LogP contribution >= 0.6 is 0 Å². The summed E-state index contributed by atoms with van der Waals surface area (Å²) in [5, 5.41) is 3.35. The van der Waals surface area contributed by atoms with Crippen molar-refractivity contribution in [1.29, 1.82) is 0 Å². The maximum Gasteiger partial charge on any atom is 0.134 e. The van der Waals surface area contributed by atoms with Gasteiger partial charge in [-0.3, -0.25) is 0 Å². The number of nitrogens with zero attached hydrogens (tertiary/aromatic N) is 3. The average molecular weight is 249 g/mol. The Morgan fingerprint density at radius 1 is 1.44 bits per heavy atom. The van der Waals surface area contributed by atoms with Crippen LogP contribution in [-0.4, -0.2) is 35.6 Å². The molecular weight excluding hydrogens is 226 g/mol. The zero-order chi connectivity index (χ0) is 13.2. The molecule has 1 aromatic rings. The summed E-state index contributed by atoms with van der Waals surface area (Å²) in [6, 6.07) is 2.27. The first-order valence-corrected chi connectivity index (χ1v) is 6.50. The van der Waals surface area contributed by atoms with E-state index < -0.39 is 0 Å². The highest BCUT2D eigenvalue weighted by atomic mass is 15.2. The largest absolute Gasteiger partial charge is 0.369 e. The zero-order valence-corrected chi connectivity index (χ0v) is 11.5. The van der Waals surface area contributed by atoms with Gasteiger partial charge in [0, 0.05) is 31.7 Å². The molecule has 1 aliphatic heterocycles. The fourth-order valence-corrected chi connectivity index (χ4v) is 1.97. The van der Waals surface area contributed by atoms with Crippen LogP contribution in [0.2, 0.25) is 0 Å². The lowest BCUT2D eigenvalue weighted by molar-refractivity contribution is 0.442. The van der Waals surface area contributed by atoms with Gasteiger partial charge < -0.3 is 16.0 Å². The van der Waals surface area contributed by atoms with Crippen LogP contribution in [0.15, 0.2) is 12.4 Å². The molecule has 100 valence electrons. The van der Waals surface area contributed by atoms with E-state index in [2.05, 4.69) is 41.0 Å². The monoisotopic (exact) mass is 249 g/mol. The molecule has 0 radical (unpaired) electrons. The van der Waals surface area contributed by atoms with Crippen LogP contribution < -0.4 is 16.0 Å². The normalized spacial score (nSPS) is 20.2. The van der Waals surface area contributed by atoms with Crippen molar-refractivity contribution in [3.05, 3.63) is 12.4 Å². The summed E-state index contributed by atoms with van der Waals surface area (Å²) in [7, 11) is 0. The molecule has 5 heteroatoms. The Hall–Kier alpha value is -1.36. The van der Waals surface area contributed by atoms with Crippen molar-refractivity contribution in [3.63, 3.8) is 0 Å². The zero-order valence-electron chi connectivity index (χ0n) is 11.5. The Morgan fingerprint density at radius 3 is 2.83 bits per heavy atom. The minimum absolute atomic E-state index is 0.237. The van der Waals surface area contributed by atoms with Crippen LogP contribution in [-0.2, 0) is 0 Å². The van der Waals surface area contributed by atoms with Crippen LogP contribution in [0, 0.1) is 5.41 Å². The molecule has 0 saturated carbocycles. The molecule has 1 atom stereocenters. The smallest absolute Gasteiger partial charge is 0.134 e. The Balaban J connectivity index is 2.01. The summed E-state index contributed by atoms with van der Waals surface area (Å²) in [4.78, 5) is 10.8. The van der Waals surface area contributed by atoms with Gasteiger partial charge in [0.2, 0.25) is 0 Å². The van der Waals surface area contributed by atoms with Gasteiger partial charge in [-0.1, -0.05) is 20.8 Å². The van der Waals surface area contributed by atoms with Gasteiger partial charge >= 0.3 is 0 Å². The molecule has 1 aromatic heterocycles. The first-order valence-electron chi connectivity index (χ1n) is 6.50. The van der Waals surface area contributed by atoms with E-state index >= 15 is 0 Å². The molecular formula is C13H23N5. The van der Waals surface area contributed by atoms with Crippen molar-refractivity contribution in [3.8, 4) is 0 Å². The van der Waals surface area contributed by atoms with E-state index in [1.807, 2.05) is 6.07 Å². The summed E-state index contributed by atoms with van der Waals surface area (Å²) in [5.41, 5.74) is 6.15. The second kappa shape index (κ2) is 5.10. The molecule has 2 rings (SSSR count). The molecule has 18 heavy (non-hydrogen) atoms. The summed E-state index contributed by atoms with van der Waals surface area (Å²) in [6.07, 6.45) is 2.65. The van der Waals surface area contributed by atoms with E-state index in [-0.39, 0.29) is 11.5 Å². The van der Waals surface area contributed by atoms with Gasteiger partial charge in [0.05, 0.1) is 0 Å². The predicted molar refractivity (Wildman–Crippen MR) is 74.8 cm³/mol. The molecule has 0 amide bonds. The van der Waals surface area contributed by atoms with Crippen molar-refractivity contribution in [1.82, 2.24) is 9.97 Å². The van der Waals surface area contributed by atoms with Gasteiger partial charge in [-0.2, -0.15) is 0 Å². The third-order valence-corrected chi connectivity index (χ3v) is 3.00. The molecule has 0 spiro atoms. The molecule has 1 unspecified atom stereocenters. The van der Waals surface area contributed by atoms with Crippen molar-refractivity contribution < 1.29 is 0 Å². The fraction of sp³-hybridized carbons (Fsp3) is 0.692. The number of hydrogen-bond donors (Lipinski definition) is 2. The number of nitrogens with one attached hydrogen (secondary N) is 1. The Morgan fingerprint density at radius 2 is 2.22 bits per heavy atom. The van der Waals surface area contributed by atoms with Crippen molar-refractivity contribution in [2.75, 3.05) is 29.9 Å². The lowest BCUT2D eigenvalue weighted by Crippen LogP contribution is -2.27. The first kappa shape index (κ1) is 13.1. The van der Waals surface area contributed by atoms with Gasteiger partial charge in [0.15, 0.2) is 0 Å². The van der Waals surface area contributed by atoms with E-state index in [4.69, 9.17) is 5.73 Å². The van der Waals surface area contributed by atoms with E-state index in [0.29, 0.717) is 0 Å². The summed E-state index contributed by atoms with van der Waals surface area (Å²) in [6.45, 7) is 9.35. The number of rotatable bonds is 3. The second-order valence-electron chi connectivity index (χ2n) is 6.17. The molecule has 0 aromatic carbocycles. The fourth-order valence-electron chi connectivity index (χ4n) is 1.97. The molecule has 1 aliphatic rings. The van der Waals surface area contributed by atoms with Crippen LogP contribution in [0.3, 0.4) is 0 Å². The van der Waals surface area contributed by atoms with Gasteiger partial charge in [-0.25, -0.2) is 9.97 Å². The average Bonchev–Trinajstić information content (AvgIpc) is 2.73. The van der Waals surface area contributed by atoms with E-state index in [9.17, 15) is 0 Å². The highest BCUT2D eigenvalue weighted by Crippen LogP contribution is 2.20. The summed E-state index contributed by atoms with van der Waals surface area (Å²) < 4.78 is 0. The molecule has 2 heterocycles. The van der Waals surface area contributed by atoms with E-state index in [1.54, 1.807) is 6.33 Å². The number of nitrogens with two attached hydrogens (primary N) is 1. The lowest BCUT2D eigenvalue weighted by Gasteiger charge is -2.20. The van der Waals surface area contributed by atoms with Gasteiger partial charge in [0.25, 0.3) is 0 Å². The number of anilines is 2. The third-order valence-electron chi connectivity index (χ3n) is 3.00. The van der Waals surface area contributed by atoms with Gasteiger partial charge in [-0.05, 0) is 11.8 Å². The van der Waals surface area contributed by atoms with Crippen LogP contribution in [0.1, 0.15) is 27.2 Å². The van der Waals surface area contributed by atoms with Crippen molar-refractivity contribution in [2.24, 2.45) is 11.1 Å². The molecule has 5 nitrogen and oxygen atoms in total. The van der Waals surface area contributed by atoms with Crippen molar-refractivity contribution >= 4 is 11.6 Å².